The summed E-state index contributed by atoms with van der Waals surface area (Å²) in [5.41, 5.74) is 1.01. The Bertz CT molecular complexity index is 323. The molecule has 3 nitrogen and oxygen atoms in total. The maximum absolute atomic E-state index is 9.20. The number of ether oxygens (including phenoxy) is 1. The maximum Gasteiger partial charge on any atom is 0.118 e. The molecule has 0 radical (unpaired) electrons. The summed E-state index contributed by atoms with van der Waals surface area (Å²) in [6, 6.07) is 8.02. The topological polar surface area (TPSA) is 41.5 Å². The van der Waals surface area contributed by atoms with E-state index in [4.69, 9.17) is 4.74 Å². The van der Waals surface area contributed by atoms with Crippen LogP contribution in [0.3, 0.4) is 0 Å². The molecule has 1 unspecified atom stereocenters. The van der Waals surface area contributed by atoms with Crippen molar-refractivity contribution < 1.29 is 9.84 Å². The minimum atomic E-state index is -0.170. The molecule has 0 aliphatic heterocycles. The Morgan fingerprint density at radius 3 is 2.41 bits per heavy atom. The molecule has 1 rings (SSSR count). The first kappa shape index (κ1) is 14.0. The first-order chi connectivity index (χ1) is 8.16. The number of rotatable bonds is 7. The zero-order chi connectivity index (χ0) is 12.7. The Hall–Kier alpha value is -1.06. The Kier molecular flexibility index (Phi) is 5.45. The third kappa shape index (κ3) is 3.72. The number of nitrogens with one attached hydrogen (secondary N) is 1. The quantitative estimate of drug-likeness (QED) is 0.764. The van der Waals surface area contributed by atoms with Crippen LogP contribution < -0.4 is 10.1 Å². The molecule has 3 heteroatoms. The molecule has 0 aliphatic carbocycles. The molecule has 17 heavy (non-hydrogen) atoms. The Balaban J connectivity index is 2.87. The standard InChI is InChI=1S/C14H23NO2/c1-4-10-15-14(2,9-11-16)12-5-7-13(17-3)8-6-12/h5-8,15-16H,4,9-11H2,1-3H3. The van der Waals surface area contributed by atoms with E-state index in [1.165, 1.54) is 5.56 Å². The fourth-order valence-corrected chi connectivity index (χ4v) is 1.92. The van der Waals surface area contributed by atoms with Gasteiger partial charge >= 0.3 is 0 Å². The molecule has 0 spiro atoms. The molecule has 0 fully saturated rings. The van der Waals surface area contributed by atoms with Crippen LogP contribution in [0.1, 0.15) is 32.3 Å². The molecule has 0 heterocycles. The number of aliphatic hydroxyl groups is 1. The second kappa shape index (κ2) is 6.62. The molecule has 0 bridgehead atoms. The van der Waals surface area contributed by atoms with Crippen LogP contribution in [0.25, 0.3) is 0 Å². The minimum Gasteiger partial charge on any atom is -0.497 e. The van der Waals surface area contributed by atoms with Gasteiger partial charge in [0.05, 0.1) is 7.11 Å². The highest BCUT2D eigenvalue weighted by Crippen LogP contribution is 2.26. The summed E-state index contributed by atoms with van der Waals surface area (Å²) in [7, 11) is 1.66. The van der Waals surface area contributed by atoms with Gasteiger partial charge in [0.15, 0.2) is 0 Å². The largest absolute Gasteiger partial charge is 0.497 e. The maximum atomic E-state index is 9.20. The van der Waals surface area contributed by atoms with E-state index in [1.54, 1.807) is 7.11 Å². The number of benzene rings is 1. The molecule has 0 aromatic heterocycles. The van der Waals surface area contributed by atoms with Crippen LogP contribution in [-0.2, 0) is 5.54 Å². The normalized spacial score (nSPS) is 14.4. The van der Waals surface area contributed by atoms with Crippen molar-refractivity contribution in [1.82, 2.24) is 5.32 Å². The van der Waals surface area contributed by atoms with Crippen molar-refractivity contribution in [3.8, 4) is 5.75 Å². The molecule has 2 N–H and O–H groups in total. The molecule has 0 amide bonds. The van der Waals surface area contributed by atoms with Crippen molar-refractivity contribution in [1.29, 1.82) is 0 Å². The molecular formula is C14H23NO2. The van der Waals surface area contributed by atoms with E-state index in [0.717, 1.165) is 18.7 Å². The summed E-state index contributed by atoms with van der Waals surface area (Å²) in [6.45, 7) is 5.39. The highest BCUT2D eigenvalue weighted by Gasteiger charge is 2.24. The van der Waals surface area contributed by atoms with Gasteiger partial charge in [-0.3, -0.25) is 0 Å². The predicted octanol–water partition coefficient (Wildman–Crippen LogP) is 2.29. The minimum absolute atomic E-state index is 0.170. The van der Waals surface area contributed by atoms with Crippen molar-refractivity contribution >= 4 is 0 Å². The highest BCUT2D eigenvalue weighted by atomic mass is 16.5. The Morgan fingerprint density at radius 2 is 1.94 bits per heavy atom. The van der Waals surface area contributed by atoms with E-state index in [1.807, 2.05) is 12.1 Å². The van der Waals surface area contributed by atoms with Crippen LogP contribution in [0.4, 0.5) is 0 Å². The monoisotopic (exact) mass is 237 g/mol. The lowest BCUT2D eigenvalue weighted by Gasteiger charge is -2.31. The summed E-state index contributed by atoms with van der Waals surface area (Å²) in [4.78, 5) is 0. The fourth-order valence-electron chi connectivity index (χ4n) is 1.92. The van der Waals surface area contributed by atoms with Crippen molar-refractivity contribution in [3.63, 3.8) is 0 Å². The second-order valence-corrected chi connectivity index (χ2v) is 4.46. The number of hydrogen-bond donors (Lipinski definition) is 2. The second-order valence-electron chi connectivity index (χ2n) is 4.46. The third-order valence-electron chi connectivity index (χ3n) is 3.10. The lowest BCUT2D eigenvalue weighted by Crippen LogP contribution is -2.40. The SMILES string of the molecule is CCCNC(C)(CCO)c1ccc(OC)cc1. The van der Waals surface area contributed by atoms with Crippen LogP contribution in [0.5, 0.6) is 5.75 Å². The van der Waals surface area contributed by atoms with Gasteiger partial charge in [-0.15, -0.1) is 0 Å². The smallest absolute Gasteiger partial charge is 0.118 e. The van der Waals surface area contributed by atoms with E-state index in [9.17, 15) is 5.11 Å². The number of methoxy groups -OCH3 is 1. The van der Waals surface area contributed by atoms with Crippen LogP contribution in [0, 0.1) is 0 Å². The molecule has 0 aliphatic rings. The van der Waals surface area contributed by atoms with E-state index in [0.29, 0.717) is 6.42 Å². The summed E-state index contributed by atoms with van der Waals surface area (Å²) in [5.74, 6) is 0.857. The fraction of sp³-hybridized carbons (Fsp3) is 0.571. The van der Waals surface area contributed by atoms with Crippen LogP contribution in [-0.4, -0.2) is 25.4 Å². The van der Waals surface area contributed by atoms with Crippen LogP contribution in [0.2, 0.25) is 0 Å². The van der Waals surface area contributed by atoms with Crippen LogP contribution >= 0.6 is 0 Å². The predicted molar refractivity (Wildman–Crippen MR) is 70.3 cm³/mol. The molecule has 96 valence electrons. The van der Waals surface area contributed by atoms with Gasteiger partial charge in [0, 0.05) is 12.1 Å². The summed E-state index contributed by atoms with van der Waals surface area (Å²) >= 11 is 0. The first-order valence-electron chi connectivity index (χ1n) is 6.16. The van der Waals surface area contributed by atoms with Crippen molar-refractivity contribution in [2.45, 2.75) is 32.2 Å². The number of aliphatic hydroxyl groups excluding tert-OH is 1. The average Bonchev–Trinajstić information content (AvgIpc) is 2.37. The number of hydrogen-bond acceptors (Lipinski definition) is 3. The lowest BCUT2D eigenvalue weighted by atomic mass is 9.88. The molecule has 1 aromatic rings. The lowest BCUT2D eigenvalue weighted by molar-refractivity contribution is 0.221. The molecule has 1 atom stereocenters. The Labute approximate surface area is 104 Å². The first-order valence-corrected chi connectivity index (χ1v) is 6.16. The van der Waals surface area contributed by atoms with Gasteiger partial charge in [-0.05, 0) is 44.0 Å². The molecule has 1 aromatic carbocycles. The van der Waals surface area contributed by atoms with Crippen LogP contribution in [0.15, 0.2) is 24.3 Å². The van der Waals surface area contributed by atoms with Gasteiger partial charge in [-0.25, -0.2) is 0 Å². The van der Waals surface area contributed by atoms with E-state index in [2.05, 4.69) is 31.3 Å². The summed E-state index contributed by atoms with van der Waals surface area (Å²) < 4.78 is 5.15. The highest BCUT2D eigenvalue weighted by molar-refractivity contribution is 5.31. The Morgan fingerprint density at radius 1 is 1.29 bits per heavy atom. The van der Waals surface area contributed by atoms with E-state index < -0.39 is 0 Å². The molecule has 0 saturated heterocycles. The molecule has 0 saturated carbocycles. The summed E-state index contributed by atoms with van der Waals surface area (Å²) in [6.07, 6.45) is 1.79. The van der Waals surface area contributed by atoms with Crippen molar-refractivity contribution in [3.05, 3.63) is 29.8 Å². The van der Waals surface area contributed by atoms with Gasteiger partial charge in [0.2, 0.25) is 0 Å². The van der Waals surface area contributed by atoms with Crippen molar-refractivity contribution in [2.24, 2.45) is 0 Å². The van der Waals surface area contributed by atoms with Gasteiger partial charge in [-0.2, -0.15) is 0 Å². The third-order valence-corrected chi connectivity index (χ3v) is 3.10. The van der Waals surface area contributed by atoms with Gasteiger partial charge < -0.3 is 15.2 Å². The molecular weight excluding hydrogens is 214 g/mol. The van der Waals surface area contributed by atoms with Crippen molar-refractivity contribution in [2.75, 3.05) is 20.3 Å². The zero-order valence-corrected chi connectivity index (χ0v) is 11.0. The van der Waals surface area contributed by atoms with E-state index in [-0.39, 0.29) is 12.1 Å². The van der Waals surface area contributed by atoms with Gasteiger partial charge in [0.1, 0.15) is 5.75 Å². The van der Waals surface area contributed by atoms with Gasteiger partial charge in [-0.1, -0.05) is 19.1 Å². The zero-order valence-electron chi connectivity index (χ0n) is 11.0. The van der Waals surface area contributed by atoms with E-state index >= 15 is 0 Å². The summed E-state index contributed by atoms with van der Waals surface area (Å²) in [5, 5.41) is 12.7. The average molecular weight is 237 g/mol. The van der Waals surface area contributed by atoms with Gasteiger partial charge in [0.25, 0.3) is 0 Å².